The lowest BCUT2D eigenvalue weighted by Gasteiger charge is -2.36. The van der Waals surface area contributed by atoms with Crippen molar-refractivity contribution in [2.24, 2.45) is 4.99 Å². The topological polar surface area (TPSA) is 74.5 Å². The zero-order valence-corrected chi connectivity index (χ0v) is 16.2. The van der Waals surface area contributed by atoms with Crippen LogP contribution >= 0.6 is 0 Å². The van der Waals surface area contributed by atoms with Crippen LogP contribution in [0.3, 0.4) is 0 Å². The molecule has 1 aliphatic heterocycles. The van der Waals surface area contributed by atoms with Gasteiger partial charge in [0.2, 0.25) is 5.95 Å². The van der Waals surface area contributed by atoms with E-state index in [1.807, 2.05) is 30.6 Å². The SMILES string of the molecule is CCNC(=NCCn1cnc2ccccc21)N1CCN(c2ncccn2)CC1. The molecular weight excluding hydrogens is 352 g/mol. The van der Waals surface area contributed by atoms with Crippen LogP contribution in [0.25, 0.3) is 11.0 Å². The van der Waals surface area contributed by atoms with Crippen molar-refractivity contribution in [1.82, 2.24) is 29.7 Å². The number of aromatic nitrogens is 4. The number of fused-ring (bicyclic) bond motifs is 1. The van der Waals surface area contributed by atoms with Crippen LogP contribution in [0.5, 0.6) is 0 Å². The van der Waals surface area contributed by atoms with Gasteiger partial charge in [-0.3, -0.25) is 4.99 Å². The maximum Gasteiger partial charge on any atom is 0.225 e. The molecule has 0 radical (unpaired) electrons. The first-order valence-corrected chi connectivity index (χ1v) is 9.80. The summed E-state index contributed by atoms with van der Waals surface area (Å²) in [6.45, 7) is 8.07. The number of nitrogens with one attached hydrogen (secondary N) is 1. The fourth-order valence-corrected chi connectivity index (χ4v) is 3.45. The minimum absolute atomic E-state index is 0.713. The van der Waals surface area contributed by atoms with Gasteiger partial charge in [0, 0.05) is 51.7 Å². The van der Waals surface area contributed by atoms with E-state index in [-0.39, 0.29) is 0 Å². The number of imidazole rings is 1. The Morgan fingerprint density at radius 3 is 2.61 bits per heavy atom. The van der Waals surface area contributed by atoms with E-state index in [2.05, 4.69) is 47.6 Å². The Balaban J connectivity index is 1.37. The molecule has 8 nitrogen and oxygen atoms in total. The molecule has 28 heavy (non-hydrogen) atoms. The van der Waals surface area contributed by atoms with Gasteiger partial charge in [-0.15, -0.1) is 0 Å². The molecule has 0 amide bonds. The second kappa shape index (κ2) is 8.69. The maximum absolute atomic E-state index is 4.85. The summed E-state index contributed by atoms with van der Waals surface area (Å²) < 4.78 is 2.16. The molecule has 0 bridgehead atoms. The van der Waals surface area contributed by atoms with Crippen molar-refractivity contribution in [1.29, 1.82) is 0 Å². The molecule has 1 aliphatic rings. The Bertz CT molecular complexity index is 912. The average Bonchev–Trinajstić information content (AvgIpc) is 3.17. The monoisotopic (exact) mass is 378 g/mol. The van der Waals surface area contributed by atoms with Gasteiger partial charge in [0.15, 0.2) is 5.96 Å². The van der Waals surface area contributed by atoms with Crippen molar-refractivity contribution in [3.05, 3.63) is 49.1 Å². The molecule has 1 N–H and O–H groups in total. The number of nitrogens with zero attached hydrogens (tertiary/aromatic N) is 7. The van der Waals surface area contributed by atoms with Gasteiger partial charge in [-0.25, -0.2) is 15.0 Å². The maximum atomic E-state index is 4.85. The fourth-order valence-electron chi connectivity index (χ4n) is 3.45. The van der Waals surface area contributed by atoms with E-state index in [0.29, 0.717) is 6.54 Å². The second-order valence-corrected chi connectivity index (χ2v) is 6.69. The average molecular weight is 378 g/mol. The highest BCUT2D eigenvalue weighted by Gasteiger charge is 2.20. The predicted molar refractivity (Wildman–Crippen MR) is 112 cm³/mol. The lowest BCUT2D eigenvalue weighted by atomic mass is 10.3. The first-order chi connectivity index (χ1) is 13.8. The standard InChI is InChI=1S/C20H26N8/c1-2-21-19(24-10-11-28-16-25-17-6-3-4-7-18(17)28)26-12-14-27(15-13-26)20-22-8-5-9-23-20/h3-9,16H,2,10-15H2,1H3,(H,21,24). The normalized spacial score (nSPS) is 15.2. The molecule has 0 atom stereocenters. The van der Waals surface area contributed by atoms with E-state index in [1.165, 1.54) is 0 Å². The zero-order valence-electron chi connectivity index (χ0n) is 16.2. The number of hydrogen-bond donors (Lipinski definition) is 1. The summed E-state index contributed by atoms with van der Waals surface area (Å²) in [5.41, 5.74) is 2.18. The minimum atomic E-state index is 0.713. The highest BCUT2D eigenvalue weighted by atomic mass is 15.4. The van der Waals surface area contributed by atoms with E-state index in [0.717, 1.165) is 62.2 Å². The summed E-state index contributed by atoms with van der Waals surface area (Å²) in [6, 6.07) is 10.0. The third-order valence-electron chi connectivity index (χ3n) is 4.88. The van der Waals surface area contributed by atoms with Gasteiger partial charge in [0.25, 0.3) is 0 Å². The number of benzene rings is 1. The Morgan fingerprint density at radius 1 is 1.04 bits per heavy atom. The number of rotatable bonds is 5. The summed E-state index contributed by atoms with van der Waals surface area (Å²) in [4.78, 5) is 22.5. The molecule has 3 heterocycles. The van der Waals surface area contributed by atoms with Crippen LogP contribution in [0, 0.1) is 0 Å². The molecule has 1 saturated heterocycles. The Hall–Kier alpha value is -3.16. The van der Waals surface area contributed by atoms with Gasteiger partial charge in [-0.2, -0.15) is 0 Å². The van der Waals surface area contributed by atoms with Crippen molar-refractivity contribution in [3.63, 3.8) is 0 Å². The van der Waals surface area contributed by atoms with Crippen molar-refractivity contribution in [2.45, 2.75) is 13.5 Å². The van der Waals surface area contributed by atoms with Gasteiger partial charge in [-0.1, -0.05) is 12.1 Å². The number of para-hydroxylation sites is 2. The molecule has 2 aromatic heterocycles. The lowest BCUT2D eigenvalue weighted by Crippen LogP contribution is -2.53. The first-order valence-electron chi connectivity index (χ1n) is 9.80. The molecule has 0 saturated carbocycles. The lowest BCUT2D eigenvalue weighted by molar-refractivity contribution is 0.370. The number of piperazine rings is 1. The Morgan fingerprint density at radius 2 is 1.82 bits per heavy atom. The van der Waals surface area contributed by atoms with Gasteiger partial charge in [-0.05, 0) is 25.1 Å². The highest BCUT2D eigenvalue weighted by molar-refractivity contribution is 5.80. The summed E-state index contributed by atoms with van der Waals surface area (Å²) >= 11 is 0. The fraction of sp³-hybridized carbons (Fsp3) is 0.400. The minimum Gasteiger partial charge on any atom is -0.357 e. The quantitative estimate of drug-likeness (QED) is 0.537. The van der Waals surface area contributed by atoms with Crippen molar-refractivity contribution < 1.29 is 0 Å². The largest absolute Gasteiger partial charge is 0.357 e. The molecule has 0 aliphatic carbocycles. The molecule has 3 aromatic rings. The predicted octanol–water partition coefficient (Wildman–Crippen LogP) is 1.61. The van der Waals surface area contributed by atoms with E-state index in [1.54, 1.807) is 12.4 Å². The molecule has 4 rings (SSSR count). The molecule has 1 aromatic carbocycles. The van der Waals surface area contributed by atoms with Gasteiger partial charge in [0.05, 0.1) is 23.9 Å². The zero-order chi connectivity index (χ0) is 19.2. The molecule has 0 unspecified atom stereocenters. The smallest absolute Gasteiger partial charge is 0.225 e. The van der Waals surface area contributed by atoms with Crippen molar-refractivity contribution >= 4 is 22.9 Å². The number of aliphatic imine (C=N–C) groups is 1. The van der Waals surface area contributed by atoms with Crippen molar-refractivity contribution in [2.75, 3.05) is 44.2 Å². The van der Waals surface area contributed by atoms with Crippen LogP contribution in [0.15, 0.2) is 54.0 Å². The van der Waals surface area contributed by atoms with Crippen LogP contribution in [0.4, 0.5) is 5.95 Å². The van der Waals surface area contributed by atoms with Gasteiger partial charge in [0.1, 0.15) is 0 Å². The molecular formula is C20H26N8. The van der Waals surface area contributed by atoms with Crippen LogP contribution in [0.1, 0.15) is 6.92 Å². The summed E-state index contributed by atoms with van der Waals surface area (Å²) in [5, 5.41) is 3.43. The van der Waals surface area contributed by atoms with Gasteiger partial charge >= 0.3 is 0 Å². The number of anilines is 1. The highest BCUT2D eigenvalue weighted by Crippen LogP contribution is 2.12. The van der Waals surface area contributed by atoms with Crippen LogP contribution in [0.2, 0.25) is 0 Å². The van der Waals surface area contributed by atoms with E-state index in [4.69, 9.17) is 4.99 Å². The van der Waals surface area contributed by atoms with E-state index in [9.17, 15) is 0 Å². The van der Waals surface area contributed by atoms with Crippen LogP contribution in [-0.2, 0) is 6.54 Å². The second-order valence-electron chi connectivity index (χ2n) is 6.69. The Kier molecular flexibility index (Phi) is 5.65. The molecule has 1 fully saturated rings. The summed E-state index contributed by atoms with van der Waals surface area (Å²) in [7, 11) is 0. The third-order valence-corrected chi connectivity index (χ3v) is 4.88. The Labute approximate surface area is 164 Å². The third kappa shape index (κ3) is 4.05. The molecule has 146 valence electrons. The molecule has 8 heteroatoms. The van der Waals surface area contributed by atoms with Crippen LogP contribution in [-0.4, -0.2) is 69.6 Å². The summed E-state index contributed by atoms with van der Waals surface area (Å²) in [6.07, 6.45) is 5.48. The number of guanidine groups is 1. The van der Waals surface area contributed by atoms with Crippen LogP contribution < -0.4 is 10.2 Å². The van der Waals surface area contributed by atoms with E-state index >= 15 is 0 Å². The van der Waals surface area contributed by atoms with E-state index < -0.39 is 0 Å². The summed E-state index contributed by atoms with van der Waals surface area (Å²) in [5.74, 6) is 1.77. The number of hydrogen-bond acceptors (Lipinski definition) is 5. The van der Waals surface area contributed by atoms with Gasteiger partial charge < -0.3 is 19.7 Å². The first kappa shape index (κ1) is 18.2. The molecule has 0 spiro atoms. The van der Waals surface area contributed by atoms with Crippen molar-refractivity contribution in [3.8, 4) is 0 Å².